The first-order chi connectivity index (χ1) is 20.2. The first-order valence-corrected chi connectivity index (χ1v) is 13.7. The molecular weight excluding hydrogens is 500 g/mol. The normalized spacial score (nSPS) is 10.8. The molecule has 0 aliphatic rings. The van der Waals surface area contributed by atoms with E-state index >= 15 is 0 Å². The van der Waals surface area contributed by atoms with E-state index in [9.17, 15) is 0 Å². The zero-order valence-corrected chi connectivity index (χ0v) is 23.5. The average molecular weight is 533 g/mol. The van der Waals surface area contributed by atoms with Crippen LogP contribution in [0.1, 0.15) is 20.8 Å². The molecule has 2 aromatic heterocycles. The number of nitrogens with one attached hydrogen (secondary N) is 1. The second-order valence-corrected chi connectivity index (χ2v) is 9.52. The summed E-state index contributed by atoms with van der Waals surface area (Å²) in [6.07, 6.45) is 12.4. The highest BCUT2D eigenvalue weighted by molar-refractivity contribution is 6.27. The SMILES string of the molecule is C/C=C\C.CC=N.c1ccc(-c2ccc(-c3ccc4ccc5ccc(-c6cncnc6)c6ccc3c4c56)cc2)nc1. The van der Waals surface area contributed by atoms with Crippen molar-refractivity contribution in [2.24, 2.45) is 0 Å². The van der Waals surface area contributed by atoms with Gasteiger partial charge in [0.2, 0.25) is 0 Å². The van der Waals surface area contributed by atoms with Crippen LogP contribution in [0.2, 0.25) is 0 Å². The smallest absolute Gasteiger partial charge is 0.115 e. The van der Waals surface area contributed by atoms with Crippen molar-refractivity contribution >= 4 is 38.5 Å². The van der Waals surface area contributed by atoms with Crippen LogP contribution in [0.15, 0.2) is 128 Å². The summed E-state index contributed by atoms with van der Waals surface area (Å²) in [5.74, 6) is 0. The fraction of sp³-hybridized carbons (Fsp3) is 0.0811. The number of aromatic nitrogens is 3. The van der Waals surface area contributed by atoms with Crippen molar-refractivity contribution < 1.29 is 0 Å². The van der Waals surface area contributed by atoms with Crippen LogP contribution in [0.25, 0.3) is 65.8 Å². The molecule has 0 fully saturated rings. The molecule has 5 aromatic carbocycles. The largest absolute Gasteiger partial charge is 0.313 e. The quantitative estimate of drug-likeness (QED) is 0.140. The molecule has 2 heterocycles. The van der Waals surface area contributed by atoms with Crippen LogP contribution in [0, 0.1) is 5.41 Å². The maximum atomic E-state index is 6.08. The third-order valence-corrected chi connectivity index (χ3v) is 7.03. The fourth-order valence-corrected chi connectivity index (χ4v) is 5.10. The van der Waals surface area contributed by atoms with Crippen LogP contribution in [-0.4, -0.2) is 21.2 Å². The van der Waals surface area contributed by atoms with Gasteiger partial charge in [-0.05, 0) is 88.1 Å². The number of pyridine rings is 1. The van der Waals surface area contributed by atoms with Gasteiger partial charge in [-0.1, -0.05) is 91.0 Å². The average Bonchev–Trinajstić information content (AvgIpc) is 3.05. The Hall–Kier alpha value is -5.22. The molecule has 0 amide bonds. The highest BCUT2D eigenvalue weighted by Gasteiger charge is 2.15. The summed E-state index contributed by atoms with van der Waals surface area (Å²) >= 11 is 0. The van der Waals surface area contributed by atoms with E-state index < -0.39 is 0 Å². The van der Waals surface area contributed by atoms with E-state index in [1.54, 1.807) is 13.3 Å². The summed E-state index contributed by atoms with van der Waals surface area (Å²) in [7, 11) is 0. The minimum Gasteiger partial charge on any atom is -0.313 e. The topological polar surface area (TPSA) is 62.5 Å². The Balaban J connectivity index is 0.000000439. The van der Waals surface area contributed by atoms with Crippen molar-refractivity contribution in [3.05, 3.63) is 128 Å². The molecule has 200 valence electrons. The molecule has 7 aromatic rings. The zero-order valence-electron chi connectivity index (χ0n) is 23.5. The molecule has 1 N–H and O–H groups in total. The second kappa shape index (κ2) is 12.8. The van der Waals surface area contributed by atoms with Crippen LogP contribution in [0.3, 0.4) is 0 Å². The Labute approximate surface area is 240 Å². The highest BCUT2D eigenvalue weighted by atomic mass is 14.8. The maximum absolute atomic E-state index is 6.08. The molecular formula is C37H32N4. The second-order valence-electron chi connectivity index (χ2n) is 9.52. The lowest BCUT2D eigenvalue weighted by Crippen LogP contribution is -1.90. The predicted molar refractivity (Wildman–Crippen MR) is 175 cm³/mol. The zero-order chi connectivity index (χ0) is 28.6. The van der Waals surface area contributed by atoms with Crippen molar-refractivity contribution in [1.82, 2.24) is 15.0 Å². The molecule has 41 heavy (non-hydrogen) atoms. The molecule has 0 saturated heterocycles. The van der Waals surface area contributed by atoms with Crippen molar-refractivity contribution in [3.8, 4) is 33.5 Å². The summed E-state index contributed by atoms with van der Waals surface area (Å²) in [5.41, 5.74) is 6.74. The van der Waals surface area contributed by atoms with E-state index in [0.29, 0.717) is 0 Å². The van der Waals surface area contributed by atoms with E-state index in [1.807, 2.05) is 62.8 Å². The van der Waals surface area contributed by atoms with Gasteiger partial charge in [0.1, 0.15) is 6.33 Å². The van der Waals surface area contributed by atoms with Gasteiger partial charge in [0, 0.05) is 29.7 Å². The minimum atomic E-state index is 0.988. The molecule has 0 aliphatic carbocycles. The number of allylic oxidation sites excluding steroid dienone is 2. The molecule has 7 rings (SSSR count). The Bertz CT molecular complexity index is 1910. The van der Waals surface area contributed by atoms with E-state index in [4.69, 9.17) is 5.41 Å². The molecule has 0 aliphatic heterocycles. The van der Waals surface area contributed by atoms with Crippen molar-refractivity contribution in [2.45, 2.75) is 20.8 Å². The molecule has 0 atom stereocenters. The first-order valence-electron chi connectivity index (χ1n) is 13.7. The molecule has 0 spiro atoms. The van der Waals surface area contributed by atoms with E-state index in [1.165, 1.54) is 49.7 Å². The number of hydrogen-bond acceptors (Lipinski definition) is 4. The Morgan fingerprint density at radius 3 is 1.59 bits per heavy atom. The van der Waals surface area contributed by atoms with Gasteiger partial charge in [0.05, 0.1) is 5.69 Å². The Morgan fingerprint density at radius 1 is 0.561 bits per heavy atom. The summed E-state index contributed by atoms with van der Waals surface area (Å²) in [6.45, 7) is 5.67. The fourth-order valence-electron chi connectivity index (χ4n) is 5.10. The van der Waals surface area contributed by atoms with Gasteiger partial charge in [-0.2, -0.15) is 0 Å². The van der Waals surface area contributed by atoms with Gasteiger partial charge in [-0.3, -0.25) is 4.98 Å². The summed E-state index contributed by atoms with van der Waals surface area (Å²) in [5, 5.41) is 13.7. The lowest BCUT2D eigenvalue weighted by molar-refractivity contribution is 1.17. The monoisotopic (exact) mass is 532 g/mol. The lowest BCUT2D eigenvalue weighted by Gasteiger charge is -2.16. The lowest BCUT2D eigenvalue weighted by atomic mass is 9.87. The van der Waals surface area contributed by atoms with Crippen LogP contribution >= 0.6 is 0 Å². The van der Waals surface area contributed by atoms with Crippen LogP contribution in [0.4, 0.5) is 0 Å². The van der Waals surface area contributed by atoms with Gasteiger partial charge in [-0.25, -0.2) is 9.97 Å². The third-order valence-electron chi connectivity index (χ3n) is 7.03. The predicted octanol–water partition coefficient (Wildman–Crippen LogP) is 10.0. The third kappa shape index (κ3) is 5.59. The number of hydrogen-bond donors (Lipinski definition) is 1. The molecule has 0 radical (unpaired) electrons. The number of rotatable bonds is 3. The standard InChI is InChI=1S/C31H19N3.C4H8.C2H5N/c1-2-16-34-29(3-1)21-6-4-20(5-7-21)25-12-10-22-8-9-23-11-13-26(24-17-32-19-33-18-24)28-15-14-27(25)30(22)31(23)28;1-3-4-2;1-2-3/h1-19H;3-4H,1-2H3;2-3H,1H3/b;4-3-;. The molecule has 0 saturated carbocycles. The highest BCUT2D eigenvalue weighted by Crippen LogP contribution is 2.42. The number of nitrogens with zero attached hydrogens (tertiary/aromatic N) is 3. The van der Waals surface area contributed by atoms with E-state index in [0.717, 1.165) is 22.4 Å². The van der Waals surface area contributed by atoms with Crippen LogP contribution in [0.5, 0.6) is 0 Å². The maximum Gasteiger partial charge on any atom is 0.115 e. The molecule has 4 nitrogen and oxygen atoms in total. The first kappa shape index (κ1) is 27.4. The van der Waals surface area contributed by atoms with Crippen LogP contribution < -0.4 is 0 Å². The van der Waals surface area contributed by atoms with Gasteiger partial charge in [0.25, 0.3) is 0 Å². The van der Waals surface area contributed by atoms with Gasteiger partial charge in [-0.15, -0.1) is 0 Å². The summed E-state index contributed by atoms with van der Waals surface area (Å²) in [6, 6.07) is 32.5. The van der Waals surface area contributed by atoms with E-state index in [-0.39, 0.29) is 0 Å². The van der Waals surface area contributed by atoms with Crippen molar-refractivity contribution in [1.29, 1.82) is 5.41 Å². The van der Waals surface area contributed by atoms with Gasteiger partial charge >= 0.3 is 0 Å². The minimum absolute atomic E-state index is 0.988. The number of benzene rings is 5. The van der Waals surface area contributed by atoms with Crippen molar-refractivity contribution in [3.63, 3.8) is 0 Å². The Kier molecular flexibility index (Phi) is 8.51. The van der Waals surface area contributed by atoms with Gasteiger partial charge < -0.3 is 5.41 Å². The molecule has 0 bridgehead atoms. The summed E-state index contributed by atoms with van der Waals surface area (Å²) in [4.78, 5) is 13.0. The van der Waals surface area contributed by atoms with E-state index in [2.05, 4.69) is 87.7 Å². The van der Waals surface area contributed by atoms with Crippen molar-refractivity contribution in [2.75, 3.05) is 0 Å². The van der Waals surface area contributed by atoms with Crippen LogP contribution in [-0.2, 0) is 0 Å². The summed E-state index contributed by atoms with van der Waals surface area (Å²) < 4.78 is 0. The Morgan fingerprint density at radius 2 is 1.07 bits per heavy atom. The molecule has 4 heteroatoms. The molecule has 0 unspecified atom stereocenters. The van der Waals surface area contributed by atoms with Gasteiger partial charge in [0.15, 0.2) is 0 Å².